The van der Waals surface area contributed by atoms with E-state index in [1.54, 1.807) is 98.5 Å². The molecule has 3 aliphatic carbocycles. The van der Waals surface area contributed by atoms with Gasteiger partial charge in [0.05, 0.1) is 61.1 Å². The van der Waals surface area contributed by atoms with Gasteiger partial charge < -0.3 is 50.2 Å². The number of anilines is 2. The first-order valence-corrected chi connectivity index (χ1v) is 51.1. The Morgan fingerprint density at radius 1 is 0.431 bits per heavy atom. The van der Waals surface area contributed by atoms with Crippen molar-refractivity contribution in [2.45, 2.75) is 226 Å². The van der Waals surface area contributed by atoms with Crippen molar-refractivity contribution in [2.75, 3.05) is 50.2 Å². The van der Waals surface area contributed by atoms with Crippen LogP contribution in [0.3, 0.4) is 0 Å². The number of aromatic nitrogens is 15. The van der Waals surface area contributed by atoms with Crippen LogP contribution in [0.1, 0.15) is 189 Å². The number of halogens is 3. The first-order valence-electron chi connectivity index (χ1n) is 48.7. The molecule has 39 heteroatoms. The summed E-state index contributed by atoms with van der Waals surface area (Å²) in [6.45, 7) is 13.8. The first-order chi connectivity index (χ1) is 69.4. The van der Waals surface area contributed by atoms with Gasteiger partial charge in [0.1, 0.15) is 97.8 Å². The van der Waals surface area contributed by atoms with Crippen LogP contribution >= 0.6 is 47.8 Å². The second-order valence-electron chi connectivity index (χ2n) is 39.2. The number of Topliss-reactive ketones (excluding diaryl/α,β-unsaturated/α-hetero) is 4. The maximum absolute atomic E-state index is 14.4. The summed E-state index contributed by atoms with van der Waals surface area (Å²) in [6, 6.07) is 24.8. The molecule has 3 saturated heterocycles. The molecule has 744 valence electrons. The van der Waals surface area contributed by atoms with E-state index in [2.05, 4.69) is 130 Å². The van der Waals surface area contributed by atoms with E-state index in [1.165, 1.54) is 32.4 Å². The Morgan fingerprint density at radius 3 is 1.29 bits per heavy atom. The molecule has 3 spiro atoms. The van der Waals surface area contributed by atoms with E-state index in [-0.39, 0.29) is 151 Å². The topological polar surface area (TPSA) is 443 Å². The SMILES string of the molecule is CC(=O)N[C@H]1CC=CCOCc2ccc(Br)nc2NC(=O)[C@@H]2C[C@@]3(CNC1=O)C[C@H]3N2C(=O)Cn1nc(C(C)=O)c2cc(-c3cnc(C)nc3)ccc21.CC(=O)c1nn(CC(=O)N2[C@H]3C[C@@]4(COCCCCCCc5ccc(Br)nc5CC3=O)C[C@@H]24)c2ccc(-c3cnc(C)nc3)cc12.CC(=O)c1nn(CC(=O)N2[C@H]3C[C@@]4(COCCCCCc5ccc(Br)nc5NC3=O)C[C@@H]24)c2ccc(-c3cnc(C)nc3)cc12. The average Bonchev–Trinajstić information content (AvgIpc) is 1.54. The summed E-state index contributed by atoms with van der Waals surface area (Å²) in [5.74, 6) is 0.0208. The van der Waals surface area contributed by atoms with Crippen LogP contribution in [0, 0.1) is 37.0 Å². The zero-order valence-electron chi connectivity index (χ0n) is 80.8. The van der Waals surface area contributed by atoms with E-state index in [1.807, 2.05) is 80.6 Å². The molecule has 9 aromatic heterocycles. The molecular formula is C105H109Br3N22O14. The Labute approximate surface area is 854 Å². The maximum Gasteiger partial charge on any atom is 0.248 e. The number of rotatable bonds is 13. The number of likely N-dealkylation sites (tertiary alicyclic amines) is 3. The Bertz CT molecular complexity index is 7160. The van der Waals surface area contributed by atoms with Crippen LogP contribution in [0.25, 0.3) is 66.1 Å². The number of pyridine rings is 3. The molecule has 6 fully saturated rings. The number of hydrogen-bond acceptors (Lipinski definition) is 26. The zero-order chi connectivity index (χ0) is 101. The maximum atomic E-state index is 14.4. The van der Waals surface area contributed by atoms with Gasteiger partial charge >= 0.3 is 0 Å². The molecule has 7 amide bonds. The van der Waals surface area contributed by atoms with Gasteiger partial charge in [-0.2, -0.15) is 15.3 Å². The van der Waals surface area contributed by atoms with Crippen LogP contribution in [0.2, 0.25) is 0 Å². The normalized spacial score (nSPS) is 23.2. The zero-order valence-corrected chi connectivity index (χ0v) is 85.6. The molecule has 21 rings (SSSR count). The minimum Gasteiger partial charge on any atom is -0.381 e. The van der Waals surface area contributed by atoms with Crippen LogP contribution in [0.4, 0.5) is 11.6 Å². The number of nitrogens with zero attached hydrogens (tertiary/aromatic N) is 18. The smallest absolute Gasteiger partial charge is 0.248 e. The van der Waals surface area contributed by atoms with Crippen molar-refractivity contribution in [3.63, 3.8) is 0 Å². The van der Waals surface area contributed by atoms with Crippen molar-refractivity contribution in [1.29, 1.82) is 0 Å². The molecule has 3 aromatic carbocycles. The summed E-state index contributed by atoms with van der Waals surface area (Å²) in [5.41, 5.74) is 10.1. The van der Waals surface area contributed by atoms with E-state index < -0.39 is 35.5 Å². The molecule has 4 N–H and O–H groups in total. The fourth-order valence-electron chi connectivity index (χ4n) is 21.4. The highest BCUT2D eigenvalue weighted by Crippen LogP contribution is 2.62. The second-order valence-corrected chi connectivity index (χ2v) is 41.6. The second kappa shape index (κ2) is 41.9. The molecular weight excluding hydrogens is 2030 g/mol. The molecule has 12 aromatic rings. The number of benzene rings is 3. The van der Waals surface area contributed by atoms with E-state index in [0.29, 0.717) is 139 Å². The lowest BCUT2D eigenvalue weighted by molar-refractivity contribution is -0.139. The molecule has 0 unspecified atom stereocenters. The van der Waals surface area contributed by atoms with Crippen LogP contribution < -0.4 is 21.3 Å². The van der Waals surface area contributed by atoms with Crippen molar-refractivity contribution < 1.29 is 67.0 Å². The Balaban J connectivity index is 0.000000137. The average molecular weight is 2140 g/mol. The van der Waals surface area contributed by atoms with Crippen LogP contribution in [0.15, 0.2) is 154 Å². The fraction of sp³-hybridized carbons (Fsp3) is 0.419. The summed E-state index contributed by atoms with van der Waals surface area (Å²) >= 11 is 10.3. The summed E-state index contributed by atoms with van der Waals surface area (Å²) < 4.78 is 24.6. The quantitative estimate of drug-likeness (QED) is 0.0473. The number of aryl methyl sites for hydroxylation is 5. The Hall–Kier alpha value is -13.2. The third-order valence-electron chi connectivity index (χ3n) is 29.1. The van der Waals surface area contributed by atoms with Gasteiger partial charge in [-0.25, -0.2) is 44.9 Å². The predicted molar refractivity (Wildman–Crippen MR) is 542 cm³/mol. The van der Waals surface area contributed by atoms with E-state index >= 15 is 0 Å². The van der Waals surface area contributed by atoms with Crippen molar-refractivity contribution in [3.05, 3.63) is 211 Å². The minimum absolute atomic E-state index is 0.00125. The van der Waals surface area contributed by atoms with Gasteiger partial charge in [0.2, 0.25) is 41.4 Å². The van der Waals surface area contributed by atoms with Gasteiger partial charge in [-0.05, 0) is 234 Å². The number of hydrogen-bond donors (Lipinski definition) is 4. The molecule has 0 radical (unpaired) electrons. The van der Waals surface area contributed by atoms with E-state index in [9.17, 15) is 52.7 Å². The van der Waals surface area contributed by atoms with Gasteiger partial charge in [0.15, 0.2) is 23.1 Å². The lowest BCUT2D eigenvalue weighted by Gasteiger charge is -2.27. The Morgan fingerprint density at radius 2 is 0.826 bits per heavy atom. The monoisotopic (exact) mass is 2140 g/mol. The van der Waals surface area contributed by atoms with Crippen molar-refractivity contribution in [3.8, 4) is 33.4 Å². The number of ether oxygens (including phenoxy) is 3. The predicted octanol–water partition coefficient (Wildman–Crippen LogP) is 13.6. The van der Waals surface area contributed by atoms with Gasteiger partial charge in [-0.1, -0.05) is 67.8 Å². The first kappa shape index (κ1) is 99.5. The number of piperidine rings is 3. The fourth-order valence-corrected chi connectivity index (χ4v) is 22.3. The number of nitrogens with one attached hydrogen (secondary N) is 4. The van der Waals surface area contributed by atoms with Gasteiger partial charge in [0, 0.05) is 157 Å². The Kier molecular flexibility index (Phi) is 28.9. The summed E-state index contributed by atoms with van der Waals surface area (Å²) in [6.07, 6.45) is 26.8. The number of carbonyl (C=O) groups is 11. The summed E-state index contributed by atoms with van der Waals surface area (Å²) in [4.78, 5) is 193. The number of carbonyl (C=O) groups excluding carboxylic acids is 11. The van der Waals surface area contributed by atoms with Crippen molar-refractivity contribution in [2.24, 2.45) is 16.2 Å². The van der Waals surface area contributed by atoms with E-state index in [0.717, 1.165) is 121 Å². The molecule has 10 atom stereocenters. The lowest BCUT2D eigenvalue weighted by Crippen LogP contribution is -2.47. The standard InChI is InChI=1S/C37H38BrN9O6.C35H37BrN6O4.C33H34BrN7O4/c1-20(48)33-26-12-23(25-15-39-21(2)40-16-25)7-9-28(26)46(45-33)17-32(50)47-29-13-37(14-30(37)47)19-41-35(51)27(42-22(3)49)6-4-5-11-53-18-24-8-10-31(38)43-34(24)44-36(29)52;1-21(43)34-26-13-24(25-17-37-22(2)38-18-25)8-10-28(26)41(40-34)19-33(45)42-29-15-35(16-31(35)42)20-46-12-6-4-3-5-7-23-9-11-32(36)39-27(23)14-30(29)44;1-19(42)30-24-12-22(23-15-35-20(2)36-16-23)7-9-25(24)40(39-30)17-29(43)41-26-13-33(14-27(33)41)18-45-11-5-3-4-6-21-8-10-28(34)37-31(21)38-32(26)44/h4-5,7-10,12,15-16,27,29-30H,6,11,13-14,17-19H2,1-3H3,(H,41,51)(H,42,49)(H,43,44,52);8-11,13,17-18,29,31H,3-7,12,14-16,19-20H2,1-2H3;7-10,12,15-16,26-27H,3-6,11,13-14,17-18H2,1-2H3,(H,37,38,44)/t27-,29-,30+,37-;29-,31+,35-;26-,27+,33-/m000/s1. The van der Waals surface area contributed by atoms with Crippen molar-refractivity contribution in [1.82, 2.24) is 99.5 Å². The summed E-state index contributed by atoms with van der Waals surface area (Å²) in [7, 11) is 0. The minimum atomic E-state index is -0.890. The van der Waals surface area contributed by atoms with Crippen LogP contribution in [-0.4, -0.2) is 235 Å². The van der Waals surface area contributed by atoms with E-state index in [4.69, 9.17) is 19.2 Å². The molecule has 15 heterocycles. The number of ketones is 4. The largest absolute Gasteiger partial charge is 0.381 e. The third kappa shape index (κ3) is 21.2. The van der Waals surface area contributed by atoms with Gasteiger partial charge in [-0.3, -0.25) is 66.8 Å². The molecule has 144 heavy (non-hydrogen) atoms. The molecule has 9 aliphatic rings. The third-order valence-corrected chi connectivity index (χ3v) is 30.4. The van der Waals surface area contributed by atoms with Gasteiger partial charge in [-0.15, -0.1) is 0 Å². The summed E-state index contributed by atoms with van der Waals surface area (Å²) in [5, 5.41) is 27.3. The highest BCUT2D eigenvalue weighted by atomic mass is 79.9. The van der Waals surface area contributed by atoms with Crippen LogP contribution in [-0.2, 0) is 98.1 Å². The number of amides is 7. The highest BCUT2D eigenvalue weighted by Gasteiger charge is 2.70. The molecule has 6 bridgehead atoms. The highest BCUT2D eigenvalue weighted by molar-refractivity contribution is 9.11. The van der Waals surface area contributed by atoms with Gasteiger partial charge in [0.25, 0.3) is 0 Å². The number of fused-ring (bicyclic) bond motifs is 9. The molecule has 3 saturated carbocycles. The molecule has 6 aliphatic heterocycles. The van der Waals surface area contributed by atoms with Crippen LogP contribution in [0.5, 0.6) is 0 Å². The van der Waals surface area contributed by atoms with Crippen molar-refractivity contribution >= 4 is 157 Å². The lowest BCUT2D eigenvalue weighted by atomic mass is 9.94. The molecule has 36 nitrogen and oxygen atoms in total.